The summed E-state index contributed by atoms with van der Waals surface area (Å²) in [6.45, 7) is 1.47. The molecule has 0 aliphatic rings. The van der Waals surface area contributed by atoms with Gasteiger partial charge in [-0.15, -0.1) is 0 Å². The van der Waals surface area contributed by atoms with Crippen molar-refractivity contribution in [2.75, 3.05) is 24.4 Å². The summed E-state index contributed by atoms with van der Waals surface area (Å²) >= 11 is 0. The topological polar surface area (TPSA) is 93.7 Å². The van der Waals surface area contributed by atoms with Crippen molar-refractivity contribution in [1.29, 1.82) is 0 Å². The van der Waals surface area contributed by atoms with Crippen LogP contribution in [0.1, 0.15) is 18.4 Å². The summed E-state index contributed by atoms with van der Waals surface area (Å²) < 4.78 is 9.92. The predicted molar refractivity (Wildman–Crippen MR) is 102 cm³/mol. The van der Waals surface area contributed by atoms with E-state index in [1.165, 1.54) is 0 Å². The molecule has 0 radical (unpaired) electrons. The Kier molecular flexibility index (Phi) is 7.37. The molecule has 0 aliphatic heterocycles. The van der Waals surface area contributed by atoms with Crippen LogP contribution in [0, 0.1) is 6.92 Å². The number of benzene rings is 2. The summed E-state index contributed by atoms with van der Waals surface area (Å²) in [5.74, 6) is -0.690. The summed E-state index contributed by atoms with van der Waals surface area (Å²) in [6, 6.07) is 14.1. The first-order valence-electron chi connectivity index (χ1n) is 8.43. The van der Waals surface area contributed by atoms with Crippen molar-refractivity contribution in [2.45, 2.75) is 19.8 Å². The maximum atomic E-state index is 11.9. The summed E-state index contributed by atoms with van der Waals surface area (Å²) in [7, 11) is 1.55. The fourth-order valence-electron chi connectivity index (χ4n) is 2.23. The molecule has 2 aromatic carbocycles. The Bertz CT molecular complexity index is 802. The average Bonchev–Trinajstić information content (AvgIpc) is 2.67. The second kappa shape index (κ2) is 9.96. The van der Waals surface area contributed by atoms with Crippen molar-refractivity contribution in [3.63, 3.8) is 0 Å². The van der Waals surface area contributed by atoms with Gasteiger partial charge in [0.25, 0.3) is 5.91 Å². The number of rotatable bonds is 8. The Labute approximate surface area is 157 Å². The molecule has 7 nitrogen and oxygen atoms in total. The largest absolute Gasteiger partial charge is 0.497 e. The highest BCUT2D eigenvalue weighted by Gasteiger charge is 2.11. The van der Waals surface area contributed by atoms with Crippen LogP contribution in [0.15, 0.2) is 48.5 Å². The molecule has 7 heteroatoms. The number of amides is 2. The second-order valence-electron chi connectivity index (χ2n) is 5.80. The molecular formula is C20H22N2O5. The van der Waals surface area contributed by atoms with E-state index in [1.54, 1.807) is 37.4 Å². The average molecular weight is 370 g/mol. The number of aryl methyl sites for hydroxylation is 1. The van der Waals surface area contributed by atoms with Crippen molar-refractivity contribution >= 4 is 29.2 Å². The SMILES string of the molecule is COc1ccc(NC(=O)COC(=O)CCC(=O)Nc2ccccc2C)cc1. The van der Waals surface area contributed by atoms with E-state index < -0.39 is 18.5 Å². The molecule has 0 spiro atoms. The minimum absolute atomic E-state index is 0.0206. The number of ether oxygens (including phenoxy) is 2. The van der Waals surface area contributed by atoms with Crippen molar-refractivity contribution in [1.82, 2.24) is 0 Å². The lowest BCUT2D eigenvalue weighted by molar-refractivity contribution is -0.147. The lowest BCUT2D eigenvalue weighted by Gasteiger charge is -2.09. The monoisotopic (exact) mass is 370 g/mol. The number of nitrogens with one attached hydrogen (secondary N) is 2. The molecule has 0 saturated carbocycles. The van der Waals surface area contributed by atoms with E-state index in [1.807, 2.05) is 25.1 Å². The number of hydrogen-bond acceptors (Lipinski definition) is 5. The molecular weight excluding hydrogens is 348 g/mol. The maximum absolute atomic E-state index is 11.9. The fraction of sp³-hybridized carbons (Fsp3) is 0.250. The van der Waals surface area contributed by atoms with Crippen LogP contribution in [0.2, 0.25) is 0 Å². The van der Waals surface area contributed by atoms with E-state index in [4.69, 9.17) is 9.47 Å². The van der Waals surface area contributed by atoms with Crippen molar-refractivity contribution in [3.8, 4) is 5.75 Å². The molecule has 0 heterocycles. The van der Waals surface area contributed by atoms with E-state index >= 15 is 0 Å². The van der Waals surface area contributed by atoms with Gasteiger partial charge in [-0.2, -0.15) is 0 Å². The lowest BCUT2D eigenvalue weighted by atomic mass is 10.2. The predicted octanol–water partition coefficient (Wildman–Crippen LogP) is 2.90. The van der Waals surface area contributed by atoms with E-state index in [-0.39, 0.29) is 18.7 Å². The molecule has 0 atom stereocenters. The summed E-state index contributed by atoms with van der Waals surface area (Å²) in [5, 5.41) is 5.34. The highest BCUT2D eigenvalue weighted by atomic mass is 16.5. The molecule has 0 bridgehead atoms. The standard InChI is InChI=1S/C20H22N2O5/c1-14-5-3-4-6-17(14)22-18(23)11-12-20(25)27-13-19(24)21-15-7-9-16(26-2)10-8-15/h3-10H,11-13H2,1-2H3,(H,21,24)(H,22,23). The number of anilines is 2. The molecule has 142 valence electrons. The Balaban J connectivity index is 1.68. The van der Waals surface area contributed by atoms with Crippen molar-refractivity contribution < 1.29 is 23.9 Å². The van der Waals surface area contributed by atoms with Crippen LogP contribution >= 0.6 is 0 Å². The van der Waals surface area contributed by atoms with Gasteiger partial charge >= 0.3 is 5.97 Å². The van der Waals surface area contributed by atoms with Crippen LogP contribution in [0.25, 0.3) is 0 Å². The Morgan fingerprint density at radius 3 is 2.26 bits per heavy atom. The zero-order chi connectivity index (χ0) is 19.6. The quantitative estimate of drug-likeness (QED) is 0.697. The first kappa shape index (κ1) is 20.0. The van der Waals surface area contributed by atoms with Gasteiger partial charge in [-0.1, -0.05) is 18.2 Å². The van der Waals surface area contributed by atoms with Gasteiger partial charge in [0.15, 0.2) is 6.61 Å². The molecule has 0 saturated heterocycles. The minimum atomic E-state index is -0.611. The van der Waals surface area contributed by atoms with Crippen molar-refractivity contribution in [2.24, 2.45) is 0 Å². The van der Waals surface area contributed by atoms with Gasteiger partial charge in [0.1, 0.15) is 5.75 Å². The zero-order valence-electron chi connectivity index (χ0n) is 15.3. The Morgan fingerprint density at radius 1 is 0.889 bits per heavy atom. The minimum Gasteiger partial charge on any atom is -0.497 e. The number of carbonyl (C=O) groups excluding carboxylic acids is 3. The summed E-state index contributed by atoms with van der Waals surface area (Å²) in [4.78, 5) is 35.4. The molecule has 2 aromatic rings. The zero-order valence-corrected chi connectivity index (χ0v) is 15.3. The fourth-order valence-corrected chi connectivity index (χ4v) is 2.23. The Hall–Kier alpha value is -3.35. The van der Waals surface area contributed by atoms with Gasteiger partial charge in [-0.25, -0.2) is 0 Å². The number of esters is 1. The van der Waals surface area contributed by atoms with Gasteiger partial charge in [0.05, 0.1) is 13.5 Å². The van der Waals surface area contributed by atoms with Gasteiger partial charge < -0.3 is 20.1 Å². The molecule has 2 rings (SSSR count). The number of para-hydroxylation sites is 1. The van der Waals surface area contributed by atoms with E-state index in [0.717, 1.165) is 5.56 Å². The van der Waals surface area contributed by atoms with Crippen LogP contribution in [0.5, 0.6) is 5.75 Å². The van der Waals surface area contributed by atoms with Crippen LogP contribution < -0.4 is 15.4 Å². The summed E-state index contributed by atoms with van der Waals surface area (Å²) in [5.41, 5.74) is 2.20. The van der Waals surface area contributed by atoms with Crippen LogP contribution in [0.3, 0.4) is 0 Å². The second-order valence-corrected chi connectivity index (χ2v) is 5.80. The van der Waals surface area contributed by atoms with E-state index in [2.05, 4.69) is 10.6 Å². The number of hydrogen-bond donors (Lipinski definition) is 2. The summed E-state index contributed by atoms with van der Waals surface area (Å²) in [6.07, 6.45) is -0.124. The number of methoxy groups -OCH3 is 1. The Morgan fingerprint density at radius 2 is 1.59 bits per heavy atom. The van der Waals surface area contributed by atoms with E-state index in [0.29, 0.717) is 17.1 Å². The molecule has 0 aliphatic carbocycles. The maximum Gasteiger partial charge on any atom is 0.306 e. The van der Waals surface area contributed by atoms with Gasteiger partial charge in [-0.05, 0) is 42.8 Å². The van der Waals surface area contributed by atoms with Crippen LogP contribution in [0.4, 0.5) is 11.4 Å². The normalized spacial score (nSPS) is 10.0. The third-order valence-electron chi connectivity index (χ3n) is 3.71. The van der Waals surface area contributed by atoms with Crippen molar-refractivity contribution in [3.05, 3.63) is 54.1 Å². The highest BCUT2D eigenvalue weighted by molar-refractivity contribution is 5.94. The molecule has 27 heavy (non-hydrogen) atoms. The van der Waals surface area contributed by atoms with Gasteiger partial charge in [-0.3, -0.25) is 14.4 Å². The first-order valence-corrected chi connectivity index (χ1v) is 8.43. The van der Waals surface area contributed by atoms with Gasteiger partial charge in [0.2, 0.25) is 5.91 Å². The molecule has 0 unspecified atom stereocenters. The number of carbonyl (C=O) groups is 3. The third kappa shape index (κ3) is 6.81. The van der Waals surface area contributed by atoms with Crippen LogP contribution in [-0.2, 0) is 19.1 Å². The molecule has 2 N–H and O–H groups in total. The first-order chi connectivity index (χ1) is 13.0. The molecule has 0 fully saturated rings. The van der Waals surface area contributed by atoms with Crippen LogP contribution in [-0.4, -0.2) is 31.5 Å². The van der Waals surface area contributed by atoms with E-state index in [9.17, 15) is 14.4 Å². The molecule has 0 aromatic heterocycles. The smallest absolute Gasteiger partial charge is 0.306 e. The van der Waals surface area contributed by atoms with Gasteiger partial charge in [0, 0.05) is 17.8 Å². The third-order valence-corrected chi connectivity index (χ3v) is 3.71. The lowest BCUT2D eigenvalue weighted by Crippen LogP contribution is -2.21. The molecule has 2 amide bonds. The highest BCUT2D eigenvalue weighted by Crippen LogP contribution is 2.15.